The maximum absolute atomic E-state index is 11.2. The van der Waals surface area contributed by atoms with E-state index >= 15 is 0 Å². The van der Waals surface area contributed by atoms with Crippen molar-refractivity contribution in [2.45, 2.75) is 13.0 Å². The molecule has 0 spiro atoms. The predicted molar refractivity (Wildman–Crippen MR) is 56.6 cm³/mol. The Morgan fingerprint density at radius 2 is 1.80 bits per heavy atom. The monoisotopic (exact) mass is 217 g/mol. The molecule has 0 bridgehead atoms. The van der Waals surface area contributed by atoms with Gasteiger partial charge in [-0.15, -0.1) is 0 Å². The van der Waals surface area contributed by atoms with Gasteiger partial charge < -0.3 is 20.3 Å². The summed E-state index contributed by atoms with van der Waals surface area (Å²) in [6, 6.07) is -0.177. The molecule has 0 aliphatic rings. The van der Waals surface area contributed by atoms with Crippen molar-refractivity contribution in [1.29, 1.82) is 0 Å². The molecule has 0 fully saturated rings. The van der Waals surface area contributed by atoms with Gasteiger partial charge in [0, 0.05) is 34.3 Å². The van der Waals surface area contributed by atoms with E-state index in [9.17, 15) is 9.59 Å². The molecule has 6 heteroatoms. The number of hydrogen-bond acceptors (Lipinski definition) is 3. The maximum Gasteiger partial charge on any atom is 0.316 e. The Morgan fingerprint density at radius 1 is 1.27 bits per heavy atom. The van der Waals surface area contributed by atoms with Crippen molar-refractivity contribution in [3.05, 3.63) is 0 Å². The Bertz CT molecular complexity index is 219. The van der Waals surface area contributed by atoms with Crippen LogP contribution in [0.3, 0.4) is 0 Å². The highest BCUT2D eigenvalue weighted by atomic mass is 16.5. The second-order valence-electron chi connectivity index (χ2n) is 3.30. The van der Waals surface area contributed by atoms with Crippen molar-refractivity contribution in [3.63, 3.8) is 0 Å². The smallest absolute Gasteiger partial charge is 0.316 e. The van der Waals surface area contributed by atoms with Crippen LogP contribution in [0.15, 0.2) is 0 Å². The number of rotatable bonds is 5. The number of urea groups is 1. The highest BCUT2D eigenvalue weighted by Crippen LogP contribution is 1.85. The third kappa shape index (κ3) is 5.90. The van der Waals surface area contributed by atoms with Gasteiger partial charge in [-0.25, -0.2) is 4.79 Å². The molecule has 15 heavy (non-hydrogen) atoms. The normalized spacial score (nSPS) is 11.7. The first-order chi connectivity index (χ1) is 6.99. The van der Waals surface area contributed by atoms with Crippen LogP contribution in [0.5, 0.6) is 0 Å². The van der Waals surface area contributed by atoms with Gasteiger partial charge in [-0.2, -0.15) is 0 Å². The van der Waals surface area contributed by atoms with E-state index in [0.29, 0.717) is 13.1 Å². The third-order valence-electron chi connectivity index (χ3n) is 1.83. The van der Waals surface area contributed by atoms with Crippen molar-refractivity contribution < 1.29 is 14.3 Å². The number of hydrogen-bond donors (Lipinski definition) is 2. The van der Waals surface area contributed by atoms with E-state index in [1.54, 1.807) is 21.0 Å². The Kier molecular flexibility index (Phi) is 6.44. The van der Waals surface area contributed by atoms with Crippen LogP contribution in [0.1, 0.15) is 6.92 Å². The van der Waals surface area contributed by atoms with Gasteiger partial charge in [-0.05, 0) is 6.92 Å². The van der Waals surface area contributed by atoms with Crippen LogP contribution in [-0.4, -0.2) is 57.2 Å². The first kappa shape index (κ1) is 13.7. The molecule has 88 valence electrons. The fourth-order valence-corrected chi connectivity index (χ4v) is 0.764. The molecule has 2 N–H and O–H groups in total. The molecule has 0 aliphatic heterocycles. The molecule has 6 nitrogen and oxygen atoms in total. The number of carbonyl (C=O) groups excluding carboxylic acids is 2. The summed E-state index contributed by atoms with van der Waals surface area (Å²) in [6.45, 7) is 2.46. The second-order valence-corrected chi connectivity index (χ2v) is 3.30. The standard InChI is InChI=1S/C9H19N3O3/c1-7(15-4)8(13)10-5-6-11-9(14)12(2)3/h7H,5-6H2,1-4H3,(H,10,13)(H,11,14). The molecule has 0 aromatic rings. The molecule has 0 saturated carbocycles. The Labute approximate surface area is 90.0 Å². The summed E-state index contributed by atoms with van der Waals surface area (Å²) < 4.78 is 4.82. The summed E-state index contributed by atoms with van der Waals surface area (Å²) in [4.78, 5) is 23.7. The Morgan fingerprint density at radius 3 is 2.27 bits per heavy atom. The lowest BCUT2D eigenvalue weighted by Crippen LogP contribution is -2.41. The van der Waals surface area contributed by atoms with E-state index in [0.717, 1.165) is 0 Å². The molecular formula is C9H19N3O3. The zero-order valence-corrected chi connectivity index (χ0v) is 9.66. The molecule has 3 amide bonds. The van der Waals surface area contributed by atoms with Crippen LogP contribution in [0.2, 0.25) is 0 Å². The molecular weight excluding hydrogens is 198 g/mol. The SMILES string of the molecule is COC(C)C(=O)NCCNC(=O)N(C)C. The fourth-order valence-electron chi connectivity index (χ4n) is 0.764. The minimum Gasteiger partial charge on any atom is -0.372 e. The molecule has 0 rings (SSSR count). The first-order valence-electron chi connectivity index (χ1n) is 4.74. The quantitative estimate of drug-likeness (QED) is 0.605. The lowest BCUT2D eigenvalue weighted by molar-refractivity contribution is -0.129. The molecule has 1 unspecified atom stereocenters. The Balaban J connectivity index is 3.55. The third-order valence-corrected chi connectivity index (χ3v) is 1.83. The van der Waals surface area contributed by atoms with Crippen LogP contribution < -0.4 is 10.6 Å². The van der Waals surface area contributed by atoms with Crippen molar-refractivity contribution in [2.75, 3.05) is 34.3 Å². The van der Waals surface area contributed by atoms with Gasteiger partial charge in [0.15, 0.2) is 0 Å². The van der Waals surface area contributed by atoms with Crippen molar-refractivity contribution in [1.82, 2.24) is 15.5 Å². The zero-order valence-electron chi connectivity index (χ0n) is 9.66. The summed E-state index contributed by atoms with van der Waals surface area (Å²) in [5, 5.41) is 5.26. The van der Waals surface area contributed by atoms with Crippen molar-refractivity contribution >= 4 is 11.9 Å². The molecule has 0 aliphatic carbocycles. The average molecular weight is 217 g/mol. The maximum atomic E-state index is 11.2. The largest absolute Gasteiger partial charge is 0.372 e. The van der Waals surface area contributed by atoms with Crippen molar-refractivity contribution in [2.24, 2.45) is 0 Å². The number of carbonyl (C=O) groups is 2. The van der Waals surface area contributed by atoms with E-state index in [1.807, 2.05) is 0 Å². The molecule has 0 heterocycles. The molecule has 0 aromatic carbocycles. The van der Waals surface area contributed by atoms with Gasteiger partial charge in [-0.3, -0.25) is 4.79 Å². The molecule has 0 aromatic heterocycles. The van der Waals surface area contributed by atoms with E-state index in [2.05, 4.69) is 10.6 Å². The van der Waals surface area contributed by atoms with E-state index in [-0.39, 0.29) is 11.9 Å². The minimum atomic E-state index is -0.463. The van der Waals surface area contributed by atoms with Crippen molar-refractivity contribution in [3.8, 4) is 0 Å². The number of nitrogens with one attached hydrogen (secondary N) is 2. The van der Waals surface area contributed by atoms with E-state index < -0.39 is 6.10 Å². The summed E-state index contributed by atoms with van der Waals surface area (Å²) in [6.07, 6.45) is -0.463. The van der Waals surface area contributed by atoms with Crippen LogP contribution in [-0.2, 0) is 9.53 Å². The first-order valence-corrected chi connectivity index (χ1v) is 4.74. The van der Waals surface area contributed by atoms with E-state index in [4.69, 9.17) is 4.74 Å². The molecule has 0 saturated heterocycles. The Hall–Kier alpha value is -1.30. The highest BCUT2D eigenvalue weighted by molar-refractivity contribution is 5.80. The lowest BCUT2D eigenvalue weighted by atomic mass is 10.4. The van der Waals surface area contributed by atoms with E-state index in [1.165, 1.54) is 12.0 Å². The van der Waals surface area contributed by atoms with Gasteiger partial charge in [0.05, 0.1) is 0 Å². The number of amides is 3. The zero-order chi connectivity index (χ0) is 11.8. The summed E-state index contributed by atoms with van der Waals surface area (Å²) >= 11 is 0. The number of nitrogens with zero attached hydrogens (tertiary/aromatic N) is 1. The van der Waals surface area contributed by atoms with Gasteiger partial charge in [0.25, 0.3) is 0 Å². The average Bonchev–Trinajstić information content (AvgIpc) is 2.22. The highest BCUT2D eigenvalue weighted by Gasteiger charge is 2.10. The van der Waals surface area contributed by atoms with Crippen LogP contribution in [0.25, 0.3) is 0 Å². The predicted octanol–water partition coefficient (Wildman–Crippen LogP) is -0.591. The minimum absolute atomic E-state index is 0.177. The van der Waals surface area contributed by atoms with Crippen LogP contribution in [0, 0.1) is 0 Å². The van der Waals surface area contributed by atoms with Gasteiger partial charge in [0.1, 0.15) is 6.10 Å². The summed E-state index contributed by atoms with van der Waals surface area (Å²) in [5.41, 5.74) is 0. The van der Waals surface area contributed by atoms with Gasteiger partial charge in [0.2, 0.25) is 5.91 Å². The summed E-state index contributed by atoms with van der Waals surface area (Å²) in [5.74, 6) is -0.184. The summed E-state index contributed by atoms with van der Waals surface area (Å²) in [7, 11) is 4.78. The van der Waals surface area contributed by atoms with Gasteiger partial charge >= 0.3 is 6.03 Å². The van der Waals surface area contributed by atoms with Gasteiger partial charge in [-0.1, -0.05) is 0 Å². The topological polar surface area (TPSA) is 70.7 Å². The molecule has 1 atom stereocenters. The van der Waals surface area contributed by atoms with Crippen LogP contribution >= 0.6 is 0 Å². The lowest BCUT2D eigenvalue weighted by Gasteiger charge is -2.13. The number of ether oxygens (including phenoxy) is 1. The number of methoxy groups -OCH3 is 1. The fraction of sp³-hybridized carbons (Fsp3) is 0.778. The molecule has 0 radical (unpaired) electrons. The second kappa shape index (κ2) is 7.05. The van der Waals surface area contributed by atoms with Crippen LogP contribution in [0.4, 0.5) is 4.79 Å².